The van der Waals surface area contributed by atoms with E-state index in [1.807, 2.05) is 17.0 Å². The Morgan fingerprint density at radius 2 is 1.58 bits per heavy atom. The van der Waals surface area contributed by atoms with Crippen LogP contribution in [0.15, 0.2) is 12.1 Å². The summed E-state index contributed by atoms with van der Waals surface area (Å²) >= 11 is 0. The first-order valence-corrected chi connectivity index (χ1v) is 7.22. The van der Waals surface area contributed by atoms with Gasteiger partial charge in [-0.15, -0.1) is 10.2 Å². The molecule has 102 valence electrons. The van der Waals surface area contributed by atoms with Crippen molar-refractivity contribution in [3.8, 4) is 0 Å². The molecule has 0 spiro atoms. The van der Waals surface area contributed by atoms with Crippen LogP contribution in [-0.4, -0.2) is 47.2 Å². The van der Waals surface area contributed by atoms with Gasteiger partial charge in [-0.25, -0.2) is 0 Å². The first kappa shape index (κ1) is 12.4. The molecule has 0 aromatic carbocycles. The predicted octanol–water partition coefficient (Wildman–Crippen LogP) is 1.70. The van der Waals surface area contributed by atoms with Crippen LogP contribution < -0.4 is 4.90 Å². The Morgan fingerprint density at radius 3 is 2.21 bits per heavy atom. The number of amides is 1. The van der Waals surface area contributed by atoms with Gasteiger partial charge in [0, 0.05) is 26.2 Å². The summed E-state index contributed by atoms with van der Waals surface area (Å²) in [5, 5.41) is 8.34. The van der Waals surface area contributed by atoms with Gasteiger partial charge in [0.1, 0.15) is 0 Å². The summed E-state index contributed by atoms with van der Waals surface area (Å²) in [6.45, 7) is 3.81. The van der Waals surface area contributed by atoms with Gasteiger partial charge in [-0.2, -0.15) is 0 Å². The normalized spacial score (nSPS) is 19.8. The summed E-state index contributed by atoms with van der Waals surface area (Å²) in [4.78, 5) is 16.3. The molecule has 5 nitrogen and oxygen atoms in total. The number of carbonyl (C=O) groups is 1. The molecule has 2 aliphatic heterocycles. The Hall–Kier alpha value is -1.65. The molecule has 0 bridgehead atoms. The molecule has 2 aliphatic rings. The lowest BCUT2D eigenvalue weighted by atomic mass is 10.1. The number of hydrogen-bond donors (Lipinski definition) is 0. The van der Waals surface area contributed by atoms with E-state index in [2.05, 4.69) is 15.1 Å². The summed E-state index contributed by atoms with van der Waals surface area (Å²) in [7, 11) is 0. The molecule has 2 saturated heterocycles. The highest BCUT2D eigenvalue weighted by Gasteiger charge is 2.21. The minimum absolute atomic E-state index is 0.0233. The van der Waals surface area contributed by atoms with Crippen LogP contribution in [0, 0.1) is 0 Å². The van der Waals surface area contributed by atoms with Crippen molar-refractivity contribution in [3.63, 3.8) is 0 Å². The molecule has 3 heterocycles. The minimum atomic E-state index is 0.0233. The highest BCUT2D eigenvalue weighted by Crippen LogP contribution is 2.17. The summed E-state index contributed by atoms with van der Waals surface area (Å²) < 4.78 is 0. The first-order valence-electron chi connectivity index (χ1n) is 7.22. The van der Waals surface area contributed by atoms with E-state index >= 15 is 0 Å². The summed E-state index contributed by atoms with van der Waals surface area (Å²) in [6, 6.07) is 3.75. The molecule has 0 atom stereocenters. The number of piperidine rings is 1. The highest BCUT2D eigenvalue weighted by atomic mass is 16.2. The molecule has 1 amide bonds. The topological polar surface area (TPSA) is 49.3 Å². The van der Waals surface area contributed by atoms with E-state index in [1.54, 1.807) is 0 Å². The maximum atomic E-state index is 12.1. The molecular weight excluding hydrogens is 240 g/mol. The second kappa shape index (κ2) is 5.55. The van der Waals surface area contributed by atoms with Gasteiger partial charge >= 0.3 is 0 Å². The number of aromatic nitrogens is 2. The van der Waals surface area contributed by atoms with Gasteiger partial charge in [0.05, 0.1) is 0 Å². The fourth-order valence-corrected chi connectivity index (χ4v) is 2.81. The Labute approximate surface area is 113 Å². The van der Waals surface area contributed by atoms with E-state index in [0.717, 1.165) is 44.8 Å². The fourth-order valence-electron chi connectivity index (χ4n) is 2.81. The Bertz CT molecular complexity index is 433. The molecule has 0 saturated carbocycles. The predicted molar refractivity (Wildman–Crippen MR) is 73.2 cm³/mol. The number of hydrogen-bond acceptors (Lipinski definition) is 4. The number of likely N-dealkylation sites (tertiary alicyclic amines) is 1. The third-order valence-corrected chi connectivity index (χ3v) is 3.94. The average molecular weight is 260 g/mol. The van der Waals surface area contributed by atoms with Crippen LogP contribution in [-0.2, 0) is 0 Å². The van der Waals surface area contributed by atoms with Crippen molar-refractivity contribution in [2.24, 2.45) is 0 Å². The Morgan fingerprint density at radius 1 is 0.895 bits per heavy atom. The standard InChI is InChI=1S/C14H20N4O/c19-14(18-10-4-5-11-18)12-6-7-13(16-15-12)17-8-2-1-3-9-17/h6-7H,1-5,8-11H2. The molecule has 0 N–H and O–H groups in total. The van der Waals surface area contributed by atoms with E-state index in [4.69, 9.17) is 0 Å². The Kier molecular flexibility index (Phi) is 3.62. The van der Waals surface area contributed by atoms with E-state index in [0.29, 0.717) is 5.69 Å². The van der Waals surface area contributed by atoms with E-state index in [9.17, 15) is 4.79 Å². The summed E-state index contributed by atoms with van der Waals surface area (Å²) in [5.41, 5.74) is 0.475. The zero-order valence-electron chi connectivity index (χ0n) is 11.2. The maximum Gasteiger partial charge on any atom is 0.274 e. The molecule has 0 radical (unpaired) electrons. The molecule has 1 aromatic rings. The SMILES string of the molecule is O=C(c1ccc(N2CCCCC2)nn1)N1CCCC1. The molecule has 2 fully saturated rings. The summed E-state index contributed by atoms with van der Waals surface area (Å²) in [6.07, 6.45) is 5.94. The number of rotatable bonds is 2. The second-order valence-electron chi connectivity index (χ2n) is 5.32. The first-order chi connectivity index (χ1) is 9.34. The van der Waals surface area contributed by atoms with Gasteiger partial charge in [-0.1, -0.05) is 0 Å². The van der Waals surface area contributed by atoms with Crippen LogP contribution in [0.3, 0.4) is 0 Å². The van der Waals surface area contributed by atoms with Crippen LogP contribution in [0.1, 0.15) is 42.6 Å². The van der Waals surface area contributed by atoms with Crippen LogP contribution in [0.25, 0.3) is 0 Å². The largest absolute Gasteiger partial charge is 0.355 e. The van der Waals surface area contributed by atoms with Crippen molar-refractivity contribution in [3.05, 3.63) is 17.8 Å². The molecule has 5 heteroatoms. The van der Waals surface area contributed by atoms with Crippen LogP contribution in [0.5, 0.6) is 0 Å². The van der Waals surface area contributed by atoms with Crippen LogP contribution >= 0.6 is 0 Å². The molecular formula is C14H20N4O. The van der Waals surface area contributed by atoms with Crippen molar-refractivity contribution in [1.29, 1.82) is 0 Å². The molecule has 0 unspecified atom stereocenters. The van der Waals surface area contributed by atoms with Gasteiger partial charge in [-0.3, -0.25) is 4.79 Å². The third-order valence-electron chi connectivity index (χ3n) is 3.94. The molecule has 3 rings (SSSR count). The fraction of sp³-hybridized carbons (Fsp3) is 0.643. The van der Waals surface area contributed by atoms with E-state index in [1.165, 1.54) is 19.3 Å². The van der Waals surface area contributed by atoms with Crippen molar-refractivity contribution in [2.45, 2.75) is 32.1 Å². The van der Waals surface area contributed by atoms with Crippen LogP contribution in [0.4, 0.5) is 5.82 Å². The van der Waals surface area contributed by atoms with Crippen molar-refractivity contribution >= 4 is 11.7 Å². The van der Waals surface area contributed by atoms with Gasteiger partial charge in [0.2, 0.25) is 0 Å². The lowest BCUT2D eigenvalue weighted by Crippen LogP contribution is -2.31. The smallest absolute Gasteiger partial charge is 0.274 e. The van der Waals surface area contributed by atoms with E-state index < -0.39 is 0 Å². The van der Waals surface area contributed by atoms with Gasteiger partial charge < -0.3 is 9.80 Å². The quantitative estimate of drug-likeness (QED) is 0.812. The van der Waals surface area contributed by atoms with Gasteiger partial charge in [-0.05, 0) is 44.2 Å². The zero-order chi connectivity index (χ0) is 13.1. The van der Waals surface area contributed by atoms with Gasteiger partial charge in [0.25, 0.3) is 5.91 Å². The summed E-state index contributed by atoms with van der Waals surface area (Å²) in [5.74, 6) is 0.924. The minimum Gasteiger partial charge on any atom is -0.355 e. The molecule has 1 aromatic heterocycles. The number of nitrogens with zero attached hydrogens (tertiary/aromatic N) is 4. The lowest BCUT2D eigenvalue weighted by Gasteiger charge is -2.27. The third kappa shape index (κ3) is 2.69. The van der Waals surface area contributed by atoms with Crippen molar-refractivity contribution in [2.75, 3.05) is 31.1 Å². The lowest BCUT2D eigenvalue weighted by molar-refractivity contribution is 0.0786. The second-order valence-corrected chi connectivity index (χ2v) is 5.32. The zero-order valence-corrected chi connectivity index (χ0v) is 11.2. The van der Waals surface area contributed by atoms with Crippen LogP contribution in [0.2, 0.25) is 0 Å². The monoisotopic (exact) mass is 260 g/mol. The average Bonchev–Trinajstić information content (AvgIpc) is 3.02. The van der Waals surface area contributed by atoms with Crippen molar-refractivity contribution < 1.29 is 4.79 Å². The highest BCUT2D eigenvalue weighted by molar-refractivity contribution is 5.92. The van der Waals surface area contributed by atoms with E-state index in [-0.39, 0.29) is 5.91 Å². The maximum absolute atomic E-state index is 12.1. The van der Waals surface area contributed by atoms with Gasteiger partial charge in [0.15, 0.2) is 11.5 Å². The Balaban J connectivity index is 1.69. The number of carbonyl (C=O) groups excluding carboxylic acids is 1. The molecule has 19 heavy (non-hydrogen) atoms. The number of anilines is 1. The molecule has 0 aliphatic carbocycles. The van der Waals surface area contributed by atoms with Crippen molar-refractivity contribution in [1.82, 2.24) is 15.1 Å².